The standard InChI is InChI=1S/C38H31NO10S3.O3S/c1-39-32-7-2-3-8-33(32)50-34(39)10-9-21-11-24-13-22-5-4-6-23(35(22)40)14-26-17-30(51(44,45)46)19-28(37(26)42)16-29-20-31(52(47,48)49)18-27(38(29)43)15-25(12-21)36(24)41;1-4(2)3/h2-12,17-20H,13-16H2,1H3,(H5,40,42,43,44,45,46,47,48,49);/p+1. The lowest BCUT2D eigenvalue weighted by Crippen LogP contribution is -2.28. The summed E-state index contributed by atoms with van der Waals surface area (Å²) in [4.78, 5) is -1.14. The SMILES string of the molecule is C[n+]1c(/C=C/c2cc3c(O)c(c2)Cc2cc(S(=O)(=O)O)cc(c2O)Cc2cc(S(=O)(=O)O)cc(c2O)Cc2cccc(c2O)C3)sc2ccccc21.O=S(=O)=O. The first-order valence-corrected chi connectivity index (χ1v) is 21.1. The molecule has 14 nitrogen and oxygen atoms in total. The molecule has 18 heteroatoms. The fraction of sp³-hybridized carbons (Fsp3) is 0.132. The molecule has 1 heterocycles. The maximum Gasteiger partial charge on any atom is 0.425 e. The number of rotatable bonds is 4. The summed E-state index contributed by atoms with van der Waals surface area (Å²) in [5, 5.41) is 46.9. The molecule has 0 fully saturated rings. The minimum absolute atomic E-state index is 0.00555. The van der Waals surface area contributed by atoms with E-state index in [0.717, 1.165) is 39.5 Å². The minimum atomic E-state index is -4.83. The van der Waals surface area contributed by atoms with Gasteiger partial charge in [-0.15, -0.1) is 12.6 Å². The van der Waals surface area contributed by atoms with Gasteiger partial charge >= 0.3 is 10.6 Å². The van der Waals surface area contributed by atoms with Crippen LogP contribution in [0.15, 0.2) is 88.7 Å². The molecule has 56 heavy (non-hydrogen) atoms. The number of thiazole rings is 1. The van der Waals surface area contributed by atoms with Gasteiger partial charge in [-0.05, 0) is 76.4 Å². The van der Waals surface area contributed by atoms with Crippen molar-refractivity contribution in [3.8, 4) is 23.0 Å². The number of nitrogens with zero attached hydrogens (tertiary/aromatic N) is 1. The second kappa shape index (κ2) is 15.5. The van der Waals surface area contributed by atoms with E-state index >= 15 is 0 Å². The fourth-order valence-electron chi connectivity index (χ4n) is 6.63. The summed E-state index contributed by atoms with van der Waals surface area (Å²) in [5.41, 5.74) is 2.98. The zero-order valence-corrected chi connectivity index (χ0v) is 32.4. The summed E-state index contributed by atoms with van der Waals surface area (Å²) in [6, 6.07) is 20.5. The van der Waals surface area contributed by atoms with Gasteiger partial charge in [0.25, 0.3) is 25.2 Å². The summed E-state index contributed by atoms with van der Waals surface area (Å²) in [6.45, 7) is 0. The molecule has 0 saturated carbocycles. The van der Waals surface area contributed by atoms with E-state index in [1.54, 1.807) is 41.7 Å². The number of benzene rings is 5. The zero-order valence-electron chi connectivity index (χ0n) is 29.1. The van der Waals surface area contributed by atoms with Crippen molar-refractivity contribution < 1.29 is 63.6 Å². The van der Waals surface area contributed by atoms with Crippen molar-refractivity contribution in [2.24, 2.45) is 7.05 Å². The molecule has 6 aromatic rings. The third kappa shape index (κ3) is 8.60. The van der Waals surface area contributed by atoms with E-state index in [4.69, 9.17) is 12.6 Å². The van der Waals surface area contributed by atoms with Crippen LogP contribution in [0, 0.1) is 0 Å². The van der Waals surface area contributed by atoms with E-state index in [1.807, 2.05) is 43.5 Å². The van der Waals surface area contributed by atoms with Gasteiger partial charge in [-0.1, -0.05) is 41.7 Å². The number of phenols is 4. The summed E-state index contributed by atoms with van der Waals surface area (Å²) in [5.74, 6) is -1.12. The van der Waals surface area contributed by atoms with Crippen LogP contribution in [-0.2, 0) is 63.6 Å². The molecule has 8 bridgehead atoms. The van der Waals surface area contributed by atoms with E-state index < -0.39 is 58.6 Å². The molecule has 1 aromatic heterocycles. The molecule has 1 aliphatic carbocycles. The maximum absolute atomic E-state index is 12.4. The first kappa shape index (κ1) is 40.0. The second-order valence-electron chi connectivity index (χ2n) is 13.0. The van der Waals surface area contributed by atoms with Crippen molar-refractivity contribution in [1.82, 2.24) is 0 Å². The lowest BCUT2D eigenvalue weighted by molar-refractivity contribution is -0.642. The summed E-state index contributed by atoms with van der Waals surface area (Å²) in [6.07, 6.45) is 3.01. The Morgan fingerprint density at radius 2 is 0.946 bits per heavy atom. The third-order valence-corrected chi connectivity index (χ3v) is 12.1. The maximum atomic E-state index is 12.4. The molecule has 0 aliphatic heterocycles. The lowest BCUT2D eigenvalue weighted by Gasteiger charge is -2.18. The molecule has 1 aliphatic rings. The normalized spacial score (nSPS) is 13.0. The largest absolute Gasteiger partial charge is 0.507 e. The van der Waals surface area contributed by atoms with Crippen LogP contribution in [0.2, 0.25) is 0 Å². The molecule has 290 valence electrons. The van der Waals surface area contributed by atoms with Gasteiger partial charge in [0.2, 0.25) is 5.52 Å². The zero-order chi connectivity index (χ0) is 40.7. The number of para-hydroxylation sites is 2. The second-order valence-corrected chi connectivity index (χ2v) is 17.3. The third-order valence-electron chi connectivity index (χ3n) is 9.29. The van der Waals surface area contributed by atoms with Crippen LogP contribution in [0.1, 0.15) is 55.1 Å². The fourth-order valence-corrected chi connectivity index (χ4v) is 8.85. The van der Waals surface area contributed by atoms with Crippen LogP contribution in [-0.4, -0.2) is 59.0 Å². The first-order chi connectivity index (χ1) is 26.3. The molecule has 0 amide bonds. The monoisotopic (exact) mass is 838 g/mol. The highest BCUT2D eigenvalue weighted by molar-refractivity contribution is 7.86. The van der Waals surface area contributed by atoms with Gasteiger partial charge in [0.15, 0.2) is 0 Å². The smallest absolute Gasteiger partial charge is 0.425 e. The number of fused-ring (bicyclic) bond motifs is 9. The summed E-state index contributed by atoms with van der Waals surface area (Å²) < 4.78 is 98.0. The molecular weight excluding hydrogens is 807 g/mol. The van der Waals surface area contributed by atoms with Gasteiger partial charge in [0.05, 0.1) is 9.79 Å². The number of aromatic hydroxyl groups is 4. The van der Waals surface area contributed by atoms with Crippen molar-refractivity contribution in [3.05, 3.63) is 134 Å². The highest BCUT2D eigenvalue weighted by Gasteiger charge is 2.24. The number of aromatic nitrogens is 1. The van der Waals surface area contributed by atoms with Crippen LogP contribution in [0.3, 0.4) is 0 Å². The molecule has 0 radical (unpaired) electrons. The molecule has 0 atom stereocenters. The lowest BCUT2D eigenvalue weighted by atomic mass is 9.90. The summed E-state index contributed by atoms with van der Waals surface area (Å²) >= 11 is 1.59. The van der Waals surface area contributed by atoms with E-state index in [2.05, 4.69) is 4.57 Å². The Morgan fingerprint density at radius 3 is 1.36 bits per heavy atom. The van der Waals surface area contributed by atoms with E-state index in [0.29, 0.717) is 27.8 Å². The van der Waals surface area contributed by atoms with Gasteiger partial charge in [0, 0.05) is 60.1 Å². The molecule has 0 unspecified atom stereocenters. The minimum Gasteiger partial charge on any atom is -0.507 e. The van der Waals surface area contributed by atoms with Crippen molar-refractivity contribution in [2.45, 2.75) is 35.5 Å². The van der Waals surface area contributed by atoms with Crippen LogP contribution in [0.4, 0.5) is 0 Å². The van der Waals surface area contributed by atoms with Gasteiger partial charge in [-0.2, -0.15) is 21.4 Å². The highest BCUT2D eigenvalue weighted by Crippen LogP contribution is 2.40. The Hall–Kier alpha value is -5.63. The van der Waals surface area contributed by atoms with Gasteiger partial charge in [0.1, 0.15) is 34.7 Å². The Bertz CT molecular complexity index is 2930. The van der Waals surface area contributed by atoms with Gasteiger partial charge < -0.3 is 20.4 Å². The predicted molar refractivity (Wildman–Crippen MR) is 205 cm³/mol. The topological polar surface area (TPSA) is 245 Å². The quantitative estimate of drug-likeness (QED) is 0.102. The molecular formula is C38H32NO13S4+. The van der Waals surface area contributed by atoms with Crippen LogP contribution in [0.5, 0.6) is 23.0 Å². The van der Waals surface area contributed by atoms with Gasteiger partial charge in [-0.3, -0.25) is 9.11 Å². The molecule has 5 aromatic carbocycles. The molecule has 0 spiro atoms. The average Bonchev–Trinajstić information content (AvgIpc) is 3.43. The Labute approximate surface area is 326 Å². The van der Waals surface area contributed by atoms with Gasteiger partial charge in [-0.25, -0.2) is 0 Å². The van der Waals surface area contributed by atoms with E-state index in [9.17, 15) is 46.4 Å². The molecule has 6 N–H and O–H groups in total. The molecule has 0 saturated heterocycles. The number of phenolic OH excluding ortho intramolecular Hbond substituents is 4. The van der Waals surface area contributed by atoms with E-state index in [-0.39, 0.29) is 53.0 Å². The van der Waals surface area contributed by atoms with Crippen LogP contribution < -0.4 is 4.57 Å². The highest BCUT2D eigenvalue weighted by atomic mass is 32.2. The van der Waals surface area contributed by atoms with Crippen LogP contribution >= 0.6 is 11.3 Å². The Morgan fingerprint density at radius 1 is 0.571 bits per heavy atom. The Balaban J connectivity index is 0.00000127. The van der Waals surface area contributed by atoms with Crippen molar-refractivity contribution in [1.29, 1.82) is 0 Å². The van der Waals surface area contributed by atoms with E-state index in [1.165, 1.54) is 0 Å². The predicted octanol–water partition coefficient (Wildman–Crippen LogP) is 4.88. The number of hydrogen-bond acceptors (Lipinski definition) is 12. The molecule has 7 rings (SSSR count). The number of aryl methyl sites for hydroxylation is 1. The van der Waals surface area contributed by atoms with Crippen molar-refractivity contribution >= 4 is 64.6 Å². The Kier molecular flexibility index (Phi) is 11.1. The number of hydrogen-bond donors (Lipinski definition) is 6. The average molecular weight is 839 g/mol. The summed E-state index contributed by atoms with van der Waals surface area (Å²) in [7, 11) is -10.8. The van der Waals surface area contributed by atoms with Crippen molar-refractivity contribution in [2.75, 3.05) is 0 Å². The van der Waals surface area contributed by atoms with Crippen molar-refractivity contribution in [3.63, 3.8) is 0 Å². The van der Waals surface area contributed by atoms with Crippen LogP contribution in [0.25, 0.3) is 22.4 Å². The first-order valence-electron chi connectivity index (χ1n) is 16.4.